The molecule has 0 heterocycles. The summed E-state index contributed by atoms with van der Waals surface area (Å²) in [5.74, 6) is 0.0870. The number of phenolic OH excluding ortho intramolecular Hbond substituents is 1. The van der Waals surface area contributed by atoms with Gasteiger partial charge in [-0.2, -0.15) is 0 Å². The van der Waals surface area contributed by atoms with E-state index in [1.54, 1.807) is 37.3 Å². The first kappa shape index (κ1) is 17.0. The Labute approximate surface area is 135 Å². The Morgan fingerprint density at radius 1 is 1.13 bits per heavy atom. The van der Waals surface area contributed by atoms with Crippen LogP contribution in [0.3, 0.4) is 0 Å². The second kappa shape index (κ2) is 8.31. The van der Waals surface area contributed by atoms with E-state index in [1.165, 1.54) is 12.1 Å². The second-order valence-corrected chi connectivity index (χ2v) is 5.15. The van der Waals surface area contributed by atoms with E-state index in [2.05, 4.69) is 0 Å². The van der Waals surface area contributed by atoms with Crippen molar-refractivity contribution in [2.75, 3.05) is 19.8 Å². The molecule has 0 spiro atoms. The maximum atomic E-state index is 12.3. The molecule has 1 unspecified atom stereocenters. The van der Waals surface area contributed by atoms with E-state index in [4.69, 9.17) is 14.6 Å². The summed E-state index contributed by atoms with van der Waals surface area (Å²) in [5.41, 5.74) is 0.747. The highest BCUT2D eigenvalue weighted by Crippen LogP contribution is 2.25. The highest BCUT2D eigenvalue weighted by Gasteiger charge is 2.13. The van der Waals surface area contributed by atoms with Crippen molar-refractivity contribution in [1.82, 2.24) is 0 Å². The molecule has 0 amide bonds. The van der Waals surface area contributed by atoms with Crippen LogP contribution in [0.15, 0.2) is 48.5 Å². The number of hydrogen-bond donors (Lipinski definition) is 2. The van der Waals surface area contributed by atoms with Gasteiger partial charge in [-0.3, -0.25) is 4.79 Å². The first-order valence-corrected chi connectivity index (χ1v) is 7.39. The van der Waals surface area contributed by atoms with E-state index in [1.807, 2.05) is 6.07 Å². The molecule has 2 N–H and O–H groups in total. The first-order valence-electron chi connectivity index (χ1n) is 7.39. The second-order valence-electron chi connectivity index (χ2n) is 5.15. The van der Waals surface area contributed by atoms with Gasteiger partial charge in [0.15, 0.2) is 5.78 Å². The molecule has 0 aliphatic heterocycles. The van der Waals surface area contributed by atoms with Crippen LogP contribution in [0.4, 0.5) is 0 Å². The van der Waals surface area contributed by atoms with Crippen LogP contribution in [-0.4, -0.2) is 41.9 Å². The van der Waals surface area contributed by atoms with E-state index >= 15 is 0 Å². The van der Waals surface area contributed by atoms with Gasteiger partial charge in [0.1, 0.15) is 18.1 Å². The molecule has 23 heavy (non-hydrogen) atoms. The number of rotatable bonds is 8. The quantitative estimate of drug-likeness (QED) is 0.578. The monoisotopic (exact) mass is 316 g/mol. The normalized spacial score (nSPS) is 11.9. The zero-order chi connectivity index (χ0) is 16.7. The van der Waals surface area contributed by atoms with Crippen LogP contribution in [0, 0.1) is 0 Å². The first-order chi connectivity index (χ1) is 11.1. The van der Waals surface area contributed by atoms with Gasteiger partial charge < -0.3 is 19.7 Å². The molecular weight excluding hydrogens is 296 g/mol. The Hall–Kier alpha value is -2.37. The third-order valence-corrected chi connectivity index (χ3v) is 3.11. The maximum absolute atomic E-state index is 12.3. The van der Waals surface area contributed by atoms with Gasteiger partial charge in [-0.05, 0) is 19.1 Å². The number of carbonyl (C=O) groups is 1. The summed E-state index contributed by atoms with van der Waals surface area (Å²) in [5, 5.41) is 19.1. The molecule has 0 aliphatic carbocycles. The lowest BCUT2D eigenvalue weighted by atomic mass is 10.0. The number of carbonyl (C=O) groups excluding carboxylic acids is 1. The van der Waals surface area contributed by atoms with Crippen molar-refractivity contribution in [3.8, 4) is 11.5 Å². The molecule has 2 aromatic rings. The van der Waals surface area contributed by atoms with E-state index in [0.29, 0.717) is 17.9 Å². The van der Waals surface area contributed by atoms with E-state index in [-0.39, 0.29) is 30.3 Å². The van der Waals surface area contributed by atoms with Gasteiger partial charge in [-0.1, -0.05) is 30.3 Å². The van der Waals surface area contributed by atoms with Crippen molar-refractivity contribution in [3.05, 3.63) is 59.7 Å². The summed E-state index contributed by atoms with van der Waals surface area (Å²) < 4.78 is 10.6. The lowest BCUT2D eigenvalue weighted by Crippen LogP contribution is -2.14. The van der Waals surface area contributed by atoms with Gasteiger partial charge >= 0.3 is 0 Å². The fourth-order valence-electron chi connectivity index (χ4n) is 2.01. The van der Waals surface area contributed by atoms with Crippen molar-refractivity contribution < 1.29 is 24.5 Å². The average Bonchev–Trinajstić information content (AvgIpc) is 2.54. The molecule has 5 nitrogen and oxygen atoms in total. The SMILES string of the molecule is CC(O)COCCOc1ccc(C(=O)c2ccccc2)c(O)c1. The van der Waals surface area contributed by atoms with Crippen molar-refractivity contribution >= 4 is 5.78 Å². The highest BCUT2D eigenvalue weighted by molar-refractivity contribution is 6.10. The van der Waals surface area contributed by atoms with Crippen molar-refractivity contribution in [3.63, 3.8) is 0 Å². The zero-order valence-electron chi connectivity index (χ0n) is 12.9. The summed E-state index contributed by atoms with van der Waals surface area (Å²) in [6, 6.07) is 13.3. The minimum Gasteiger partial charge on any atom is -0.507 e. The van der Waals surface area contributed by atoms with Crippen LogP contribution in [0.2, 0.25) is 0 Å². The van der Waals surface area contributed by atoms with Gasteiger partial charge in [0.05, 0.1) is 24.9 Å². The summed E-state index contributed by atoms with van der Waals surface area (Å²) >= 11 is 0. The van der Waals surface area contributed by atoms with Crippen LogP contribution >= 0.6 is 0 Å². The lowest BCUT2D eigenvalue weighted by Gasteiger charge is -2.10. The number of ketones is 1. The molecule has 0 saturated heterocycles. The number of aliphatic hydroxyl groups is 1. The molecule has 0 radical (unpaired) electrons. The largest absolute Gasteiger partial charge is 0.507 e. The van der Waals surface area contributed by atoms with Crippen LogP contribution in [-0.2, 0) is 4.74 Å². The predicted octanol–water partition coefficient (Wildman–Crippen LogP) is 2.40. The third-order valence-electron chi connectivity index (χ3n) is 3.11. The topological polar surface area (TPSA) is 76.0 Å². The molecule has 1 atom stereocenters. The van der Waals surface area contributed by atoms with Gasteiger partial charge in [0.25, 0.3) is 0 Å². The fourth-order valence-corrected chi connectivity index (χ4v) is 2.01. The average molecular weight is 316 g/mol. The molecule has 122 valence electrons. The number of phenols is 1. The van der Waals surface area contributed by atoms with E-state index in [9.17, 15) is 9.90 Å². The Morgan fingerprint density at radius 2 is 1.87 bits per heavy atom. The lowest BCUT2D eigenvalue weighted by molar-refractivity contribution is 0.0329. The number of aliphatic hydroxyl groups excluding tert-OH is 1. The minimum absolute atomic E-state index is 0.124. The molecule has 0 saturated carbocycles. The highest BCUT2D eigenvalue weighted by atomic mass is 16.5. The van der Waals surface area contributed by atoms with Crippen LogP contribution < -0.4 is 4.74 Å². The molecular formula is C18H20O5. The standard InChI is InChI=1S/C18H20O5/c1-13(19)12-22-9-10-23-15-7-8-16(17(20)11-15)18(21)14-5-3-2-4-6-14/h2-8,11,13,19-20H,9-10,12H2,1H3. The number of hydrogen-bond acceptors (Lipinski definition) is 5. The van der Waals surface area contributed by atoms with Gasteiger partial charge in [0, 0.05) is 11.6 Å². The Morgan fingerprint density at radius 3 is 2.52 bits per heavy atom. The Bertz CT molecular complexity index is 637. The number of benzene rings is 2. The summed E-state index contributed by atoms with van der Waals surface area (Å²) in [6.07, 6.45) is -0.512. The molecule has 0 aliphatic rings. The minimum atomic E-state index is -0.512. The van der Waals surface area contributed by atoms with E-state index < -0.39 is 6.10 Å². The van der Waals surface area contributed by atoms with Crippen LogP contribution in [0.25, 0.3) is 0 Å². The molecule has 0 bridgehead atoms. The summed E-state index contributed by atoms with van der Waals surface area (Å²) in [7, 11) is 0. The fraction of sp³-hybridized carbons (Fsp3) is 0.278. The van der Waals surface area contributed by atoms with Gasteiger partial charge in [-0.15, -0.1) is 0 Å². The van der Waals surface area contributed by atoms with Crippen molar-refractivity contribution in [1.29, 1.82) is 0 Å². The summed E-state index contributed by atoms with van der Waals surface area (Å²) in [6.45, 7) is 2.51. The maximum Gasteiger partial charge on any atom is 0.196 e. The Balaban J connectivity index is 1.94. The molecule has 5 heteroatoms. The molecule has 0 aromatic heterocycles. The molecule has 2 aromatic carbocycles. The van der Waals surface area contributed by atoms with Gasteiger partial charge in [0.2, 0.25) is 0 Å². The zero-order valence-corrected chi connectivity index (χ0v) is 12.9. The predicted molar refractivity (Wildman–Crippen MR) is 86.0 cm³/mol. The molecule has 2 rings (SSSR count). The molecule has 0 fully saturated rings. The number of ether oxygens (including phenoxy) is 2. The van der Waals surface area contributed by atoms with Gasteiger partial charge in [-0.25, -0.2) is 0 Å². The number of aromatic hydroxyl groups is 1. The van der Waals surface area contributed by atoms with E-state index in [0.717, 1.165) is 0 Å². The smallest absolute Gasteiger partial charge is 0.196 e. The van der Waals surface area contributed by atoms with Crippen LogP contribution in [0.5, 0.6) is 11.5 Å². The third kappa shape index (κ3) is 5.09. The van der Waals surface area contributed by atoms with Crippen molar-refractivity contribution in [2.45, 2.75) is 13.0 Å². The Kier molecular flexibility index (Phi) is 6.14. The summed E-state index contributed by atoms with van der Waals surface area (Å²) in [4.78, 5) is 12.3. The van der Waals surface area contributed by atoms with Crippen LogP contribution in [0.1, 0.15) is 22.8 Å². The van der Waals surface area contributed by atoms with Crippen molar-refractivity contribution in [2.24, 2.45) is 0 Å².